The molecule has 28 heavy (non-hydrogen) atoms. The second-order valence-electron chi connectivity index (χ2n) is 7.37. The molecule has 7 nitrogen and oxygen atoms in total. The molecule has 0 bridgehead atoms. The Morgan fingerprint density at radius 3 is 2.64 bits per heavy atom. The van der Waals surface area contributed by atoms with E-state index in [9.17, 15) is 9.59 Å². The van der Waals surface area contributed by atoms with Gasteiger partial charge in [0.25, 0.3) is 11.1 Å². The first-order valence-corrected chi connectivity index (χ1v) is 9.53. The lowest BCUT2D eigenvalue weighted by atomic mass is 10.1. The van der Waals surface area contributed by atoms with Crippen molar-refractivity contribution in [1.82, 2.24) is 24.2 Å². The largest absolute Gasteiger partial charge is 0.318 e. The molecule has 4 aromatic rings. The smallest absolute Gasteiger partial charge is 0.261 e. The third-order valence-electron chi connectivity index (χ3n) is 5.67. The molecule has 1 aliphatic rings. The van der Waals surface area contributed by atoms with Crippen LogP contribution in [-0.2, 0) is 7.05 Å². The molecule has 1 saturated heterocycles. The van der Waals surface area contributed by atoms with Crippen LogP contribution in [0.3, 0.4) is 0 Å². The molecule has 3 aromatic heterocycles. The summed E-state index contributed by atoms with van der Waals surface area (Å²) in [6.07, 6.45) is 7.18. The van der Waals surface area contributed by atoms with Gasteiger partial charge in [-0.2, -0.15) is 5.10 Å². The Kier molecular flexibility index (Phi) is 3.91. The summed E-state index contributed by atoms with van der Waals surface area (Å²) >= 11 is 0. The summed E-state index contributed by atoms with van der Waals surface area (Å²) in [6.45, 7) is 1.89. The highest BCUT2D eigenvalue weighted by molar-refractivity contribution is 5.85. The molecule has 0 atom stereocenters. The van der Waals surface area contributed by atoms with Crippen molar-refractivity contribution in [1.29, 1.82) is 0 Å². The van der Waals surface area contributed by atoms with Crippen molar-refractivity contribution in [2.24, 2.45) is 7.05 Å². The van der Waals surface area contributed by atoms with Gasteiger partial charge in [0.1, 0.15) is 0 Å². The Bertz CT molecular complexity index is 1310. The lowest BCUT2D eigenvalue weighted by Gasteiger charge is -2.25. The summed E-state index contributed by atoms with van der Waals surface area (Å²) in [4.78, 5) is 25.3. The molecule has 0 unspecified atom stereocenters. The van der Waals surface area contributed by atoms with E-state index in [0.717, 1.165) is 42.5 Å². The molecular formula is C21H21N5O2. The van der Waals surface area contributed by atoms with Crippen LogP contribution in [0.1, 0.15) is 18.9 Å². The van der Waals surface area contributed by atoms with E-state index >= 15 is 0 Å². The Morgan fingerprint density at radius 2 is 1.82 bits per heavy atom. The zero-order chi connectivity index (χ0) is 19.3. The minimum Gasteiger partial charge on any atom is -0.318 e. The molecule has 0 spiro atoms. The molecule has 142 valence electrons. The second kappa shape index (κ2) is 6.45. The summed E-state index contributed by atoms with van der Waals surface area (Å²) in [5.41, 5.74) is 1.56. The van der Waals surface area contributed by atoms with Gasteiger partial charge in [-0.25, -0.2) is 4.68 Å². The van der Waals surface area contributed by atoms with Crippen molar-refractivity contribution in [3.8, 4) is 5.69 Å². The van der Waals surface area contributed by atoms with Crippen LogP contribution in [0.5, 0.6) is 0 Å². The van der Waals surface area contributed by atoms with Gasteiger partial charge < -0.3 is 14.5 Å². The van der Waals surface area contributed by atoms with Crippen LogP contribution >= 0.6 is 0 Å². The number of fused-ring (bicyclic) bond motifs is 2. The standard InChI is InChI=1S/C21H21N5O2/c1-24-10-7-19-18(20(24)27)13-23-26(19)16-2-3-17-14(12-16)6-11-25(21(17)28)15-4-8-22-9-5-15/h2-3,6-7,10-13,15,22H,4-5,8-9H2,1H3. The Labute approximate surface area is 160 Å². The van der Waals surface area contributed by atoms with E-state index < -0.39 is 0 Å². The van der Waals surface area contributed by atoms with Crippen molar-refractivity contribution in [2.45, 2.75) is 18.9 Å². The van der Waals surface area contributed by atoms with E-state index in [-0.39, 0.29) is 17.2 Å². The summed E-state index contributed by atoms with van der Waals surface area (Å²) < 4.78 is 5.16. The molecule has 0 saturated carbocycles. The van der Waals surface area contributed by atoms with E-state index in [1.807, 2.05) is 41.1 Å². The lowest BCUT2D eigenvalue weighted by molar-refractivity contribution is 0.362. The predicted octanol–water partition coefficient (Wildman–Crippen LogP) is 1.96. The Balaban J connectivity index is 1.62. The fourth-order valence-corrected chi connectivity index (χ4v) is 4.08. The average molecular weight is 375 g/mol. The molecule has 0 amide bonds. The Hall–Kier alpha value is -3.19. The average Bonchev–Trinajstić information content (AvgIpc) is 3.16. The van der Waals surface area contributed by atoms with Gasteiger partial charge in [-0.15, -0.1) is 0 Å². The number of piperidine rings is 1. The lowest BCUT2D eigenvalue weighted by Crippen LogP contribution is -2.34. The van der Waals surface area contributed by atoms with Crippen LogP contribution in [0, 0.1) is 0 Å². The first-order chi connectivity index (χ1) is 13.6. The van der Waals surface area contributed by atoms with Crippen molar-refractivity contribution in [3.63, 3.8) is 0 Å². The molecule has 1 aromatic carbocycles. The first-order valence-electron chi connectivity index (χ1n) is 9.53. The van der Waals surface area contributed by atoms with Gasteiger partial charge in [0, 0.05) is 30.9 Å². The highest BCUT2D eigenvalue weighted by Crippen LogP contribution is 2.22. The predicted molar refractivity (Wildman–Crippen MR) is 109 cm³/mol. The minimum atomic E-state index is -0.0746. The van der Waals surface area contributed by atoms with E-state index in [0.29, 0.717) is 10.8 Å². The maximum Gasteiger partial charge on any atom is 0.261 e. The maximum absolute atomic E-state index is 13.0. The number of nitrogens with zero attached hydrogens (tertiary/aromatic N) is 4. The van der Waals surface area contributed by atoms with Crippen LogP contribution in [0.15, 0.2) is 58.5 Å². The number of nitrogens with one attached hydrogen (secondary N) is 1. The summed E-state index contributed by atoms with van der Waals surface area (Å²) in [7, 11) is 1.72. The summed E-state index contributed by atoms with van der Waals surface area (Å²) in [5, 5.41) is 9.89. The molecule has 0 radical (unpaired) electrons. The molecular weight excluding hydrogens is 354 g/mol. The quantitative estimate of drug-likeness (QED) is 0.581. The normalized spacial score (nSPS) is 15.5. The molecule has 1 N–H and O–H groups in total. The maximum atomic E-state index is 13.0. The van der Waals surface area contributed by atoms with E-state index in [4.69, 9.17) is 0 Å². The van der Waals surface area contributed by atoms with Crippen LogP contribution in [0.2, 0.25) is 0 Å². The van der Waals surface area contributed by atoms with E-state index in [2.05, 4.69) is 10.4 Å². The fourth-order valence-electron chi connectivity index (χ4n) is 4.08. The number of pyridine rings is 2. The molecule has 1 aliphatic heterocycles. The van der Waals surface area contributed by atoms with Gasteiger partial charge in [0.05, 0.1) is 22.8 Å². The van der Waals surface area contributed by atoms with Crippen molar-refractivity contribution < 1.29 is 0 Å². The van der Waals surface area contributed by atoms with Crippen molar-refractivity contribution >= 4 is 21.7 Å². The van der Waals surface area contributed by atoms with Crippen LogP contribution < -0.4 is 16.4 Å². The molecule has 1 fully saturated rings. The highest BCUT2D eigenvalue weighted by atomic mass is 16.1. The third kappa shape index (κ3) is 2.58. The molecule has 0 aliphatic carbocycles. The first kappa shape index (κ1) is 16.9. The zero-order valence-electron chi connectivity index (χ0n) is 15.6. The third-order valence-corrected chi connectivity index (χ3v) is 5.67. The Morgan fingerprint density at radius 1 is 1.00 bits per heavy atom. The minimum absolute atomic E-state index is 0.0511. The monoisotopic (exact) mass is 375 g/mol. The SMILES string of the molecule is Cn1ccc2c(cnn2-c2ccc3c(=O)n(C4CCNCC4)ccc3c2)c1=O. The van der Waals surface area contributed by atoms with Gasteiger partial charge in [-0.05, 0) is 61.6 Å². The van der Waals surface area contributed by atoms with E-state index in [1.54, 1.807) is 24.1 Å². The van der Waals surface area contributed by atoms with Gasteiger partial charge in [-0.1, -0.05) is 0 Å². The highest BCUT2D eigenvalue weighted by Gasteiger charge is 2.17. The molecule has 5 rings (SSSR count). The zero-order valence-corrected chi connectivity index (χ0v) is 15.6. The van der Waals surface area contributed by atoms with Crippen molar-refractivity contribution in [2.75, 3.05) is 13.1 Å². The molecule has 4 heterocycles. The second-order valence-corrected chi connectivity index (χ2v) is 7.37. The van der Waals surface area contributed by atoms with Gasteiger partial charge >= 0.3 is 0 Å². The van der Waals surface area contributed by atoms with Crippen LogP contribution in [0.25, 0.3) is 27.4 Å². The van der Waals surface area contributed by atoms with Crippen LogP contribution in [-0.4, -0.2) is 32.0 Å². The topological polar surface area (TPSA) is 73.8 Å². The number of hydrogen-bond acceptors (Lipinski definition) is 4. The number of hydrogen-bond donors (Lipinski definition) is 1. The van der Waals surface area contributed by atoms with Gasteiger partial charge in [0.15, 0.2) is 0 Å². The number of rotatable bonds is 2. The van der Waals surface area contributed by atoms with Crippen molar-refractivity contribution in [3.05, 3.63) is 69.6 Å². The summed E-state index contributed by atoms with van der Waals surface area (Å²) in [5.74, 6) is 0. The number of aryl methyl sites for hydroxylation is 1. The summed E-state index contributed by atoms with van der Waals surface area (Å²) in [6, 6.07) is 9.83. The van der Waals surface area contributed by atoms with Gasteiger partial charge in [-0.3, -0.25) is 9.59 Å². The van der Waals surface area contributed by atoms with E-state index in [1.165, 1.54) is 4.57 Å². The number of aromatic nitrogens is 4. The number of benzene rings is 1. The fraction of sp³-hybridized carbons (Fsp3) is 0.286. The van der Waals surface area contributed by atoms with Gasteiger partial charge in [0.2, 0.25) is 0 Å². The van der Waals surface area contributed by atoms with Crippen LogP contribution in [0.4, 0.5) is 0 Å². The molecule has 7 heteroatoms.